The predicted octanol–water partition coefficient (Wildman–Crippen LogP) is 2.37. The molecule has 0 spiro atoms. The van der Waals surface area contributed by atoms with E-state index in [1.807, 2.05) is 12.1 Å². The van der Waals surface area contributed by atoms with Gasteiger partial charge in [-0.3, -0.25) is 0 Å². The second kappa shape index (κ2) is 5.01. The monoisotopic (exact) mass is 238 g/mol. The average Bonchev–Trinajstić information content (AvgIpc) is 2.76. The van der Waals surface area contributed by atoms with Crippen LogP contribution < -0.4 is 10.5 Å². The topological polar surface area (TPSA) is 61.3 Å². The van der Waals surface area contributed by atoms with Crippen molar-refractivity contribution in [1.29, 1.82) is 0 Å². The molecule has 1 aromatic heterocycles. The first kappa shape index (κ1) is 11.0. The number of rotatable bonds is 4. The molecule has 0 unspecified atom stereocenters. The zero-order valence-corrected chi connectivity index (χ0v) is 9.28. The Morgan fingerprint density at radius 2 is 2.06 bits per heavy atom. The van der Waals surface area contributed by atoms with Gasteiger partial charge in [-0.25, -0.2) is 0 Å². The predicted molar refractivity (Wildman–Crippen MR) is 60.2 cm³/mol. The minimum absolute atomic E-state index is 0.232. The number of halogens is 1. The largest absolute Gasteiger partial charge is 0.445 e. The van der Waals surface area contributed by atoms with Crippen molar-refractivity contribution in [3.05, 3.63) is 46.8 Å². The lowest BCUT2D eigenvalue weighted by Crippen LogP contribution is -1.98. The van der Waals surface area contributed by atoms with E-state index in [-0.39, 0.29) is 6.08 Å². The zero-order valence-electron chi connectivity index (χ0n) is 8.52. The highest BCUT2D eigenvalue weighted by molar-refractivity contribution is 6.30. The number of nitrogens with zero attached hydrogens (tertiary/aromatic N) is 1. The van der Waals surface area contributed by atoms with E-state index in [9.17, 15) is 0 Å². The van der Waals surface area contributed by atoms with Crippen LogP contribution in [0.3, 0.4) is 0 Å². The summed E-state index contributed by atoms with van der Waals surface area (Å²) in [5, 5.41) is 0.699. The number of hydrogen-bond donors (Lipinski definition) is 1. The lowest BCUT2D eigenvalue weighted by molar-refractivity contribution is 0.220. The molecule has 0 aliphatic heterocycles. The first-order valence-electron chi connectivity index (χ1n) is 4.79. The van der Waals surface area contributed by atoms with Crippen molar-refractivity contribution in [1.82, 2.24) is 4.98 Å². The second-order valence-electron chi connectivity index (χ2n) is 3.22. The van der Waals surface area contributed by atoms with Crippen molar-refractivity contribution in [3.63, 3.8) is 0 Å². The summed E-state index contributed by atoms with van der Waals surface area (Å²) in [4.78, 5) is 4.02. The molecule has 0 aliphatic carbocycles. The van der Waals surface area contributed by atoms with Gasteiger partial charge in [-0.05, 0) is 17.7 Å². The maximum Gasteiger partial charge on any atom is 0.394 e. The normalized spacial score (nSPS) is 10.4. The summed E-state index contributed by atoms with van der Waals surface area (Å²) in [5.74, 6) is 0. The molecule has 0 bridgehead atoms. The molecule has 2 N–H and O–H groups in total. The summed E-state index contributed by atoms with van der Waals surface area (Å²) in [6.45, 7) is 0.732. The molecule has 4 nitrogen and oxygen atoms in total. The van der Waals surface area contributed by atoms with Gasteiger partial charge in [0.05, 0.1) is 5.69 Å². The molecule has 0 saturated heterocycles. The third-order valence-corrected chi connectivity index (χ3v) is 2.27. The maximum atomic E-state index is 5.77. The van der Waals surface area contributed by atoms with E-state index in [1.165, 1.54) is 6.26 Å². The Labute approximate surface area is 98.0 Å². The van der Waals surface area contributed by atoms with Crippen LogP contribution in [0.2, 0.25) is 5.02 Å². The Hall–Kier alpha value is -1.52. The highest BCUT2D eigenvalue weighted by atomic mass is 35.5. The Bertz CT molecular complexity index is 453. The van der Waals surface area contributed by atoms with Crippen LogP contribution in [0.25, 0.3) is 0 Å². The van der Waals surface area contributed by atoms with Gasteiger partial charge in [0.15, 0.2) is 0 Å². The molecule has 84 valence electrons. The van der Waals surface area contributed by atoms with Crippen molar-refractivity contribution in [3.8, 4) is 6.08 Å². The van der Waals surface area contributed by atoms with Crippen LogP contribution in [0.15, 0.2) is 34.9 Å². The van der Waals surface area contributed by atoms with E-state index in [0.29, 0.717) is 23.9 Å². The summed E-state index contributed by atoms with van der Waals surface area (Å²) in [6.07, 6.45) is 1.72. The molecule has 0 fully saturated rings. The Morgan fingerprint density at radius 1 is 1.31 bits per heavy atom. The fourth-order valence-electron chi connectivity index (χ4n) is 1.17. The minimum atomic E-state index is 0.232. The van der Waals surface area contributed by atoms with E-state index in [0.717, 1.165) is 5.56 Å². The SMILES string of the molecule is NCc1coc(OCc2ccc(Cl)cc2)n1. The third-order valence-electron chi connectivity index (χ3n) is 2.02. The Morgan fingerprint density at radius 3 is 2.69 bits per heavy atom. The van der Waals surface area contributed by atoms with E-state index < -0.39 is 0 Å². The summed E-state index contributed by atoms with van der Waals surface area (Å²) >= 11 is 5.77. The van der Waals surface area contributed by atoms with Crippen LogP contribution in [0.4, 0.5) is 0 Å². The van der Waals surface area contributed by atoms with Gasteiger partial charge in [0.1, 0.15) is 12.9 Å². The van der Waals surface area contributed by atoms with Crippen LogP contribution in [-0.4, -0.2) is 4.98 Å². The van der Waals surface area contributed by atoms with Gasteiger partial charge in [-0.2, -0.15) is 4.98 Å². The number of nitrogens with two attached hydrogens (primary N) is 1. The third kappa shape index (κ3) is 2.74. The molecule has 0 atom stereocenters. The quantitative estimate of drug-likeness (QED) is 0.888. The van der Waals surface area contributed by atoms with Gasteiger partial charge in [-0.1, -0.05) is 23.7 Å². The first-order chi connectivity index (χ1) is 7.78. The van der Waals surface area contributed by atoms with Crippen LogP contribution in [-0.2, 0) is 13.2 Å². The molecule has 0 saturated carbocycles. The molecule has 16 heavy (non-hydrogen) atoms. The molecule has 5 heteroatoms. The Kier molecular flexibility index (Phi) is 3.44. The molecule has 0 amide bonds. The van der Waals surface area contributed by atoms with E-state index >= 15 is 0 Å². The van der Waals surface area contributed by atoms with E-state index in [1.54, 1.807) is 12.1 Å². The van der Waals surface area contributed by atoms with Crippen LogP contribution in [0, 0.1) is 0 Å². The molecule has 0 radical (unpaired) electrons. The highest BCUT2D eigenvalue weighted by Crippen LogP contribution is 2.14. The minimum Gasteiger partial charge on any atom is -0.445 e. The first-order valence-corrected chi connectivity index (χ1v) is 5.17. The van der Waals surface area contributed by atoms with E-state index in [4.69, 9.17) is 26.5 Å². The second-order valence-corrected chi connectivity index (χ2v) is 3.66. The lowest BCUT2D eigenvalue weighted by atomic mass is 10.2. The summed E-state index contributed by atoms with van der Waals surface area (Å²) in [7, 11) is 0. The Balaban J connectivity index is 1.94. The number of hydrogen-bond acceptors (Lipinski definition) is 4. The number of benzene rings is 1. The number of aromatic nitrogens is 1. The molecule has 2 aromatic rings. The van der Waals surface area contributed by atoms with Gasteiger partial charge in [0, 0.05) is 11.6 Å². The summed E-state index contributed by atoms with van der Waals surface area (Å²) < 4.78 is 10.4. The van der Waals surface area contributed by atoms with Crippen LogP contribution in [0.1, 0.15) is 11.3 Å². The zero-order chi connectivity index (χ0) is 11.4. The summed E-state index contributed by atoms with van der Waals surface area (Å²) in [6, 6.07) is 7.38. The van der Waals surface area contributed by atoms with Gasteiger partial charge < -0.3 is 14.9 Å². The number of oxazole rings is 1. The van der Waals surface area contributed by atoms with Gasteiger partial charge in [0.25, 0.3) is 0 Å². The molecular formula is C11H11ClN2O2. The lowest BCUT2D eigenvalue weighted by Gasteiger charge is -2.01. The van der Waals surface area contributed by atoms with Crippen LogP contribution in [0.5, 0.6) is 6.08 Å². The van der Waals surface area contributed by atoms with E-state index in [2.05, 4.69) is 4.98 Å². The fraction of sp³-hybridized carbons (Fsp3) is 0.182. The molecule has 0 aliphatic rings. The summed E-state index contributed by atoms with van der Waals surface area (Å²) in [5.41, 5.74) is 7.06. The average molecular weight is 239 g/mol. The fourth-order valence-corrected chi connectivity index (χ4v) is 1.30. The standard InChI is InChI=1S/C11H11ClN2O2/c12-9-3-1-8(2-4-9)6-15-11-14-10(5-13)7-16-11/h1-4,7H,5-6,13H2. The van der Waals surface area contributed by atoms with Gasteiger partial charge in [-0.15, -0.1) is 0 Å². The van der Waals surface area contributed by atoms with Crippen molar-refractivity contribution < 1.29 is 9.15 Å². The molecule has 1 heterocycles. The highest BCUT2D eigenvalue weighted by Gasteiger charge is 2.03. The maximum absolute atomic E-state index is 5.77. The van der Waals surface area contributed by atoms with Crippen molar-refractivity contribution in [2.45, 2.75) is 13.2 Å². The van der Waals surface area contributed by atoms with Gasteiger partial charge >= 0.3 is 6.08 Å². The molecule has 1 aromatic carbocycles. The number of ether oxygens (including phenoxy) is 1. The molecule has 2 rings (SSSR count). The smallest absolute Gasteiger partial charge is 0.394 e. The van der Waals surface area contributed by atoms with Crippen molar-refractivity contribution >= 4 is 11.6 Å². The molecular weight excluding hydrogens is 228 g/mol. The van der Waals surface area contributed by atoms with Crippen LogP contribution >= 0.6 is 11.6 Å². The van der Waals surface area contributed by atoms with Crippen molar-refractivity contribution in [2.75, 3.05) is 0 Å². The van der Waals surface area contributed by atoms with Gasteiger partial charge in [0.2, 0.25) is 0 Å². The van der Waals surface area contributed by atoms with Crippen molar-refractivity contribution in [2.24, 2.45) is 5.73 Å².